The normalized spacial score (nSPS) is 20.1. The molecule has 1 heterocycles. The van der Waals surface area contributed by atoms with E-state index in [1.54, 1.807) is 0 Å². The molecule has 0 aromatic heterocycles. The minimum atomic E-state index is 0.197. The van der Waals surface area contributed by atoms with Gasteiger partial charge >= 0.3 is 0 Å². The second kappa shape index (κ2) is 7.49. The van der Waals surface area contributed by atoms with Gasteiger partial charge < -0.3 is 4.90 Å². The van der Waals surface area contributed by atoms with Gasteiger partial charge in [0.15, 0.2) is 0 Å². The van der Waals surface area contributed by atoms with Gasteiger partial charge in [-0.15, -0.1) is 11.8 Å². The van der Waals surface area contributed by atoms with Crippen molar-refractivity contribution in [1.29, 1.82) is 0 Å². The van der Waals surface area contributed by atoms with E-state index in [-0.39, 0.29) is 11.3 Å². The largest absolute Gasteiger partial charge is 0.319 e. The number of nitrogens with zero attached hydrogens (tertiary/aromatic N) is 1. The lowest BCUT2D eigenvalue weighted by Crippen LogP contribution is -2.33. The Morgan fingerprint density at radius 2 is 1.52 bits per heavy atom. The van der Waals surface area contributed by atoms with Crippen LogP contribution in [0.15, 0.2) is 71.8 Å². The fraction of sp³-hybridized carbons (Fsp3) is 0.318. The number of hydrogen-bond acceptors (Lipinski definition) is 2. The monoisotopic (exact) mass is 349 g/mol. The summed E-state index contributed by atoms with van der Waals surface area (Å²) in [6.07, 6.45) is 4.41. The van der Waals surface area contributed by atoms with Gasteiger partial charge in [-0.05, 0) is 42.4 Å². The summed E-state index contributed by atoms with van der Waals surface area (Å²) >= 11 is 1.90. The molecule has 2 aliphatic rings. The molecule has 1 amide bonds. The van der Waals surface area contributed by atoms with E-state index in [9.17, 15) is 4.79 Å². The van der Waals surface area contributed by atoms with Gasteiger partial charge in [0, 0.05) is 17.9 Å². The van der Waals surface area contributed by atoms with E-state index in [0.29, 0.717) is 6.54 Å². The maximum absolute atomic E-state index is 13.0. The second-order valence-corrected chi connectivity index (χ2v) is 7.85. The minimum absolute atomic E-state index is 0.197. The molecule has 0 N–H and O–H groups in total. The highest BCUT2D eigenvalue weighted by molar-refractivity contribution is 7.99. The zero-order valence-corrected chi connectivity index (χ0v) is 15.2. The summed E-state index contributed by atoms with van der Waals surface area (Å²) in [6, 6.07) is 20.9. The molecule has 3 heteroatoms. The second-order valence-electron chi connectivity index (χ2n) is 6.78. The molecule has 0 bridgehead atoms. The average molecular weight is 349 g/mol. The molecule has 0 unspecified atom stereocenters. The maximum Gasteiger partial charge on any atom is 0.251 e. The van der Waals surface area contributed by atoms with E-state index in [1.165, 1.54) is 23.1 Å². The van der Waals surface area contributed by atoms with E-state index in [0.717, 1.165) is 30.6 Å². The first-order valence-electron chi connectivity index (χ1n) is 9.05. The molecule has 0 fully saturated rings. The fourth-order valence-electron chi connectivity index (χ4n) is 3.79. The Kier molecular flexibility index (Phi) is 4.93. The predicted octanol–water partition coefficient (Wildman–Crippen LogP) is 5.16. The molecular formula is C22H23NOS. The Bertz CT molecular complexity index is 769. The van der Waals surface area contributed by atoms with Crippen molar-refractivity contribution in [1.82, 2.24) is 4.90 Å². The highest BCUT2D eigenvalue weighted by Gasteiger charge is 2.39. The maximum atomic E-state index is 13.0. The fourth-order valence-corrected chi connectivity index (χ4v) is 5.14. The number of rotatable bonds is 5. The topological polar surface area (TPSA) is 20.3 Å². The van der Waals surface area contributed by atoms with Crippen molar-refractivity contribution in [2.75, 3.05) is 0 Å². The van der Waals surface area contributed by atoms with Crippen LogP contribution in [0.1, 0.15) is 36.8 Å². The van der Waals surface area contributed by atoms with Gasteiger partial charge in [0.2, 0.25) is 0 Å². The number of thioether (sulfide) groups is 1. The highest BCUT2D eigenvalue weighted by Crippen LogP contribution is 2.42. The summed E-state index contributed by atoms with van der Waals surface area (Å²) in [7, 11) is 0. The molecule has 0 radical (unpaired) electrons. The number of benzene rings is 2. The lowest BCUT2D eigenvalue weighted by atomic mass is 9.94. The lowest BCUT2D eigenvalue weighted by molar-refractivity contribution is -0.126. The van der Waals surface area contributed by atoms with Crippen molar-refractivity contribution < 1.29 is 4.79 Å². The Balaban J connectivity index is 1.56. The predicted molar refractivity (Wildman–Crippen MR) is 104 cm³/mol. The molecule has 1 atom stereocenters. The van der Waals surface area contributed by atoms with Crippen LogP contribution >= 0.6 is 11.8 Å². The first-order chi connectivity index (χ1) is 12.3. The lowest BCUT2D eigenvalue weighted by Gasteiger charge is -2.27. The molecule has 0 saturated heterocycles. The van der Waals surface area contributed by atoms with Crippen LogP contribution in [0.4, 0.5) is 0 Å². The molecule has 2 aromatic rings. The van der Waals surface area contributed by atoms with Gasteiger partial charge in [-0.2, -0.15) is 0 Å². The quantitative estimate of drug-likeness (QED) is 0.743. The zero-order valence-electron chi connectivity index (χ0n) is 14.4. The molecule has 1 aliphatic heterocycles. The Labute approximate surface area is 153 Å². The number of carbonyl (C=O) groups excluding carboxylic acids is 1. The summed E-state index contributed by atoms with van der Waals surface area (Å²) in [5, 5.41) is 0.197. The van der Waals surface area contributed by atoms with Crippen LogP contribution in [0.5, 0.6) is 0 Å². The third-order valence-electron chi connectivity index (χ3n) is 5.06. The summed E-state index contributed by atoms with van der Waals surface area (Å²) in [5.74, 6) is 1.21. The van der Waals surface area contributed by atoms with Crippen molar-refractivity contribution in [3.8, 4) is 0 Å². The van der Waals surface area contributed by atoms with E-state index in [1.807, 2.05) is 17.8 Å². The molecule has 25 heavy (non-hydrogen) atoms. The van der Waals surface area contributed by atoms with Crippen LogP contribution in [-0.4, -0.2) is 16.2 Å². The van der Waals surface area contributed by atoms with Crippen LogP contribution in [0, 0.1) is 0 Å². The van der Waals surface area contributed by atoms with Gasteiger partial charge in [0.05, 0.1) is 0 Å². The Morgan fingerprint density at radius 1 is 0.880 bits per heavy atom. The van der Waals surface area contributed by atoms with Crippen molar-refractivity contribution in [3.63, 3.8) is 0 Å². The number of hydrogen-bond donors (Lipinski definition) is 0. The van der Waals surface area contributed by atoms with Crippen molar-refractivity contribution in [3.05, 3.63) is 82.9 Å². The first-order valence-corrected chi connectivity index (χ1v) is 10.1. The standard InChI is InChI=1S/C22H23NOS/c24-21-19-13-7-8-14-20(19)22(25-16-18-11-5-2-6-12-18)23(21)15-17-9-3-1-4-10-17/h1-6,9-12,22H,7-8,13-16H2/t22-/m0/s1. The van der Waals surface area contributed by atoms with Crippen LogP contribution in [-0.2, 0) is 17.1 Å². The minimum Gasteiger partial charge on any atom is -0.319 e. The number of amides is 1. The van der Waals surface area contributed by atoms with E-state index in [4.69, 9.17) is 0 Å². The summed E-state index contributed by atoms with van der Waals surface area (Å²) < 4.78 is 0. The molecule has 0 spiro atoms. The van der Waals surface area contributed by atoms with Gasteiger partial charge in [0.1, 0.15) is 5.37 Å². The number of carbonyl (C=O) groups is 1. The molecule has 1 aliphatic carbocycles. The van der Waals surface area contributed by atoms with Crippen molar-refractivity contribution in [2.24, 2.45) is 0 Å². The van der Waals surface area contributed by atoms with E-state index < -0.39 is 0 Å². The average Bonchev–Trinajstić information content (AvgIpc) is 2.94. The summed E-state index contributed by atoms with van der Waals surface area (Å²) in [5.41, 5.74) is 5.03. The smallest absolute Gasteiger partial charge is 0.251 e. The first kappa shape index (κ1) is 16.5. The highest BCUT2D eigenvalue weighted by atomic mass is 32.2. The Morgan fingerprint density at radius 3 is 2.24 bits per heavy atom. The van der Waals surface area contributed by atoms with Gasteiger partial charge in [-0.25, -0.2) is 0 Å². The van der Waals surface area contributed by atoms with Gasteiger partial charge in [-0.3, -0.25) is 4.79 Å². The molecule has 0 saturated carbocycles. The Hall–Kier alpha value is -2.00. The molecule has 2 aromatic carbocycles. The van der Waals surface area contributed by atoms with E-state index in [2.05, 4.69) is 59.5 Å². The van der Waals surface area contributed by atoms with Gasteiger partial charge in [0.25, 0.3) is 5.91 Å². The van der Waals surface area contributed by atoms with Crippen LogP contribution in [0.25, 0.3) is 0 Å². The van der Waals surface area contributed by atoms with Crippen molar-refractivity contribution in [2.45, 2.75) is 43.4 Å². The van der Waals surface area contributed by atoms with E-state index >= 15 is 0 Å². The molecule has 2 nitrogen and oxygen atoms in total. The summed E-state index contributed by atoms with van der Waals surface area (Å²) in [6.45, 7) is 0.707. The summed E-state index contributed by atoms with van der Waals surface area (Å²) in [4.78, 5) is 15.1. The third kappa shape index (κ3) is 3.52. The molecular weight excluding hydrogens is 326 g/mol. The molecule has 4 rings (SSSR count). The molecule has 128 valence electrons. The van der Waals surface area contributed by atoms with Gasteiger partial charge in [-0.1, -0.05) is 60.7 Å². The zero-order chi connectivity index (χ0) is 17.1. The van der Waals surface area contributed by atoms with Crippen LogP contribution in [0.2, 0.25) is 0 Å². The van der Waals surface area contributed by atoms with Crippen molar-refractivity contribution >= 4 is 17.7 Å². The third-order valence-corrected chi connectivity index (χ3v) is 6.41. The van der Waals surface area contributed by atoms with Crippen LogP contribution < -0.4 is 0 Å². The SMILES string of the molecule is O=C1C2=C(CCCC2)[C@H](SCc2ccccc2)N1Cc1ccccc1. The van der Waals surface area contributed by atoms with Crippen LogP contribution in [0.3, 0.4) is 0 Å².